The zero-order chi connectivity index (χ0) is 11.0. The fourth-order valence-electron chi connectivity index (χ4n) is 0.582. The molecule has 14 heavy (non-hydrogen) atoms. The number of esters is 2. The van der Waals surface area contributed by atoms with Crippen LogP contribution >= 0.6 is 11.8 Å². The molecule has 0 aromatic carbocycles. The lowest BCUT2D eigenvalue weighted by molar-refractivity contribution is -0.137. The van der Waals surface area contributed by atoms with Gasteiger partial charge in [0, 0.05) is 11.8 Å². The van der Waals surface area contributed by atoms with E-state index in [9.17, 15) is 9.59 Å². The normalized spacial score (nSPS) is 10.9. The average molecular weight is 220 g/mol. The van der Waals surface area contributed by atoms with Gasteiger partial charge in [0.25, 0.3) is 0 Å². The average Bonchev–Trinajstić information content (AvgIpc) is 2.22. The van der Waals surface area contributed by atoms with Gasteiger partial charge < -0.3 is 14.6 Å². The molecule has 0 fully saturated rings. The van der Waals surface area contributed by atoms with E-state index in [-0.39, 0.29) is 11.5 Å². The van der Waals surface area contributed by atoms with Gasteiger partial charge in [0.2, 0.25) is 0 Å². The Kier molecular flexibility index (Phi) is 6.87. The zero-order valence-corrected chi connectivity index (χ0v) is 8.80. The van der Waals surface area contributed by atoms with Crippen LogP contribution in [0.3, 0.4) is 0 Å². The van der Waals surface area contributed by atoms with Gasteiger partial charge in [-0.15, -0.1) is 11.8 Å². The Labute approximate surface area is 86.1 Å². The van der Waals surface area contributed by atoms with Crippen LogP contribution in [-0.4, -0.2) is 43.6 Å². The molecule has 1 N–H and O–H groups in total. The minimum atomic E-state index is -0.629. The van der Waals surface area contributed by atoms with Gasteiger partial charge in [0.1, 0.15) is 0 Å². The van der Waals surface area contributed by atoms with Crippen molar-refractivity contribution in [3.63, 3.8) is 0 Å². The van der Waals surface area contributed by atoms with E-state index in [1.54, 1.807) is 0 Å². The highest BCUT2D eigenvalue weighted by Gasteiger charge is 2.12. The molecule has 5 nitrogen and oxygen atoms in total. The number of ether oxygens (including phenoxy) is 2. The molecule has 0 saturated heterocycles. The predicted octanol–water partition coefficient (Wildman–Crippen LogP) is -0.0582. The Morgan fingerprint density at radius 1 is 1.36 bits per heavy atom. The van der Waals surface area contributed by atoms with Crippen LogP contribution < -0.4 is 0 Å². The summed E-state index contributed by atoms with van der Waals surface area (Å²) in [7, 11) is 2.43. The molecule has 0 spiro atoms. The van der Waals surface area contributed by atoms with Gasteiger partial charge in [-0.25, -0.2) is 9.59 Å². The third-order valence-electron chi connectivity index (χ3n) is 1.19. The number of carbonyl (C=O) groups excluding carboxylic acids is 2. The van der Waals surface area contributed by atoms with Gasteiger partial charge in [-0.1, -0.05) is 0 Å². The Morgan fingerprint density at radius 2 is 2.00 bits per heavy atom. The first-order valence-corrected chi connectivity index (χ1v) is 4.75. The van der Waals surface area contributed by atoms with Crippen LogP contribution in [-0.2, 0) is 19.1 Å². The highest BCUT2D eigenvalue weighted by molar-refractivity contribution is 8.04. The van der Waals surface area contributed by atoms with E-state index in [0.717, 1.165) is 17.8 Å². The third kappa shape index (κ3) is 4.88. The summed E-state index contributed by atoms with van der Waals surface area (Å²) in [6, 6.07) is 0. The zero-order valence-electron chi connectivity index (χ0n) is 7.98. The summed E-state index contributed by atoms with van der Waals surface area (Å²) < 4.78 is 8.79. The van der Waals surface area contributed by atoms with Crippen LogP contribution in [0.15, 0.2) is 11.0 Å². The highest BCUT2D eigenvalue weighted by atomic mass is 32.2. The monoisotopic (exact) mass is 220 g/mol. The van der Waals surface area contributed by atoms with E-state index in [2.05, 4.69) is 9.47 Å². The first kappa shape index (κ1) is 13.0. The molecule has 0 aliphatic heterocycles. The van der Waals surface area contributed by atoms with E-state index < -0.39 is 11.9 Å². The number of carbonyl (C=O) groups is 2. The van der Waals surface area contributed by atoms with Crippen molar-refractivity contribution in [2.75, 3.05) is 26.6 Å². The maximum atomic E-state index is 11.1. The number of aliphatic hydroxyl groups excluding tert-OH is 1. The molecule has 0 aliphatic carbocycles. The van der Waals surface area contributed by atoms with E-state index >= 15 is 0 Å². The molecule has 0 radical (unpaired) electrons. The summed E-state index contributed by atoms with van der Waals surface area (Å²) in [5.41, 5.74) is 0. The molecule has 0 unspecified atom stereocenters. The van der Waals surface area contributed by atoms with Gasteiger partial charge >= 0.3 is 11.9 Å². The van der Waals surface area contributed by atoms with E-state index in [0.29, 0.717) is 5.75 Å². The molecule has 0 bridgehead atoms. The number of hydrogen-bond donors (Lipinski definition) is 1. The second kappa shape index (κ2) is 7.40. The van der Waals surface area contributed by atoms with E-state index in [1.165, 1.54) is 14.2 Å². The largest absolute Gasteiger partial charge is 0.466 e. The topological polar surface area (TPSA) is 72.8 Å². The molecule has 0 rings (SSSR count). The SMILES string of the molecule is COC(=O)/C=C(/SCCO)C(=O)OC. The first-order chi connectivity index (χ1) is 6.65. The summed E-state index contributed by atoms with van der Waals surface area (Å²) in [5.74, 6) is -0.928. The number of methoxy groups -OCH3 is 2. The lowest BCUT2D eigenvalue weighted by Gasteiger charge is -2.02. The van der Waals surface area contributed by atoms with Crippen molar-refractivity contribution >= 4 is 23.7 Å². The van der Waals surface area contributed by atoms with Crippen molar-refractivity contribution in [3.05, 3.63) is 11.0 Å². The molecule has 0 amide bonds. The van der Waals surface area contributed by atoms with Gasteiger partial charge in [0.05, 0.1) is 25.7 Å². The van der Waals surface area contributed by atoms with Crippen LogP contribution in [0.1, 0.15) is 0 Å². The Bertz CT molecular complexity index is 236. The maximum Gasteiger partial charge on any atom is 0.344 e. The van der Waals surface area contributed by atoms with Crippen molar-refractivity contribution in [2.24, 2.45) is 0 Å². The summed E-state index contributed by atoms with van der Waals surface area (Å²) in [6.45, 7) is -0.0832. The number of hydrogen-bond acceptors (Lipinski definition) is 6. The van der Waals surface area contributed by atoms with Crippen molar-refractivity contribution in [1.29, 1.82) is 0 Å². The van der Waals surface area contributed by atoms with Crippen molar-refractivity contribution < 1.29 is 24.2 Å². The minimum absolute atomic E-state index is 0.0832. The Morgan fingerprint density at radius 3 is 2.43 bits per heavy atom. The van der Waals surface area contributed by atoms with Gasteiger partial charge in [0.15, 0.2) is 0 Å². The number of thioether (sulfide) groups is 1. The Balaban J connectivity index is 4.45. The molecular formula is C8H12O5S. The lowest BCUT2D eigenvalue weighted by Crippen LogP contribution is -2.07. The standard InChI is InChI=1S/C8H12O5S/c1-12-7(10)5-6(8(11)13-2)14-4-3-9/h5,9H,3-4H2,1-2H3/b6-5+. The molecule has 0 atom stereocenters. The molecule has 0 aromatic rings. The smallest absolute Gasteiger partial charge is 0.344 e. The quantitative estimate of drug-likeness (QED) is 0.517. The summed E-state index contributed by atoms with van der Waals surface area (Å²) >= 11 is 1.03. The third-order valence-corrected chi connectivity index (χ3v) is 2.17. The molecule has 0 aliphatic rings. The van der Waals surface area contributed by atoms with Crippen LogP contribution in [0.2, 0.25) is 0 Å². The van der Waals surface area contributed by atoms with Crippen LogP contribution in [0.4, 0.5) is 0 Å². The van der Waals surface area contributed by atoms with Crippen molar-refractivity contribution in [3.8, 4) is 0 Å². The lowest BCUT2D eigenvalue weighted by atomic mass is 10.5. The molecule has 0 saturated carbocycles. The van der Waals surface area contributed by atoms with Gasteiger partial charge in [-0.3, -0.25) is 0 Å². The number of aliphatic hydroxyl groups is 1. The van der Waals surface area contributed by atoms with Crippen LogP contribution in [0.25, 0.3) is 0 Å². The number of rotatable bonds is 5. The van der Waals surface area contributed by atoms with Gasteiger partial charge in [-0.2, -0.15) is 0 Å². The highest BCUT2D eigenvalue weighted by Crippen LogP contribution is 2.16. The minimum Gasteiger partial charge on any atom is -0.466 e. The van der Waals surface area contributed by atoms with E-state index in [4.69, 9.17) is 5.11 Å². The second-order valence-corrected chi connectivity index (χ2v) is 3.23. The molecule has 6 heteroatoms. The van der Waals surface area contributed by atoms with Crippen molar-refractivity contribution in [2.45, 2.75) is 0 Å². The fraction of sp³-hybridized carbons (Fsp3) is 0.500. The second-order valence-electron chi connectivity index (χ2n) is 2.10. The molecular weight excluding hydrogens is 208 g/mol. The van der Waals surface area contributed by atoms with Crippen molar-refractivity contribution in [1.82, 2.24) is 0 Å². The Hall–Kier alpha value is -1.01. The summed E-state index contributed by atoms with van der Waals surface area (Å²) in [4.78, 5) is 22.0. The summed E-state index contributed by atoms with van der Waals surface area (Å²) in [6.07, 6.45) is 1.03. The van der Waals surface area contributed by atoms with Crippen LogP contribution in [0.5, 0.6) is 0 Å². The van der Waals surface area contributed by atoms with E-state index in [1.807, 2.05) is 0 Å². The molecule has 0 aromatic heterocycles. The first-order valence-electron chi connectivity index (χ1n) is 3.77. The molecule has 0 heterocycles. The fourth-order valence-corrected chi connectivity index (χ4v) is 1.27. The van der Waals surface area contributed by atoms with Crippen LogP contribution in [0, 0.1) is 0 Å². The maximum absolute atomic E-state index is 11.1. The predicted molar refractivity (Wildman–Crippen MR) is 51.7 cm³/mol. The molecule has 80 valence electrons. The summed E-state index contributed by atoms with van der Waals surface area (Å²) in [5, 5.41) is 8.54. The van der Waals surface area contributed by atoms with Gasteiger partial charge in [-0.05, 0) is 0 Å².